The van der Waals surface area contributed by atoms with Crippen LogP contribution in [0.25, 0.3) is 33.4 Å². The first kappa shape index (κ1) is 29.3. The van der Waals surface area contributed by atoms with Crippen molar-refractivity contribution in [2.45, 2.75) is 52.1 Å². The van der Waals surface area contributed by atoms with Crippen LogP contribution in [0.4, 0.5) is 0 Å². The van der Waals surface area contributed by atoms with Gasteiger partial charge in [-0.1, -0.05) is 60.7 Å². The van der Waals surface area contributed by atoms with Crippen LogP contribution in [0.2, 0.25) is 0 Å². The third-order valence-corrected chi connectivity index (χ3v) is 11.6. The van der Waals surface area contributed by atoms with Crippen molar-refractivity contribution >= 4 is 27.4 Å². The molecule has 4 atom stereocenters. The van der Waals surface area contributed by atoms with Gasteiger partial charge in [0.1, 0.15) is 11.5 Å². The zero-order valence-electron chi connectivity index (χ0n) is 24.7. The van der Waals surface area contributed by atoms with Crippen LogP contribution in [0.3, 0.4) is 0 Å². The van der Waals surface area contributed by atoms with Crippen molar-refractivity contribution < 1.29 is 27.6 Å². The molecule has 42 heavy (non-hydrogen) atoms. The van der Waals surface area contributed by atoms with Crippen LogP contribution in [0, 0.1) is 0 Å². The molecule has 2 aliphatic heterocycles. The van der Waals surface area contributed by atoms with Crippen LogP contribution in [-0.4, -0.2) is 38.6 Å². The maximum atomic E-state index is 6.56. The number of benzene rings is 4. The van der Waals surface area contributed by atoms with Gasteiger partial charge in [-0.2, -0.15) is 0 Å². The summed E-state index contributed by atoms with van der Waals surface area (Å²) in [4.78, 5) is 0. The molecule has 0 amide bonds. The van der Waals surface area contributed by atoms with E-state index in [4.69, 9.17) is 27.6 Å². The normalized spacial score (nSPS) is 22.9. The summed E-state index contributed by atoms with van der Waals surface area (Å²) < 4.78 is 38.5. The average molecular weight is 603 g/mol. The van der Waals surface area contributed by atoms with Gasteiger partial charge < -0.3 is 27.6 Å². The van der Waals surface area contributed by atoms with E-state index >= 15 is 0 Å². The van der Waals surface area contributed by atoms with Crippen molar-refractivity contribution in [3.8, 4) is 44.9 Å². The second-order valence-electron chi connectivity index (χ2n) is 10.6. The lowest BCUT2D eigenvalue weighted by Gasteiger charge is -2.26. The smallest absolute Gasteiger partial charge is 0.207 e. The highest BCUT2D eigenvalue weighted by Crippen LogP contribution is 2.57. The summed E-state index contributed by atoms with van der Waals surface area (Å²) in [7, 11) is 0.472. The van der Waals surface area contributed by atoms with Crippen molar-refractivity contribution in [2.75, 3.05) is 14.2 Å². The minimum Gasteiger partial charge on any atom is -0.496 e. The van der Waals surface area contributed by atoms with E-state index in [2.05, 4.69) is 64.1 Å². The number of hydrogen-bond donors (Lipinski definition) is 0. The molecule has 0 radical (unpaired) electrons. The largest absolute Gasteiger partial charge is 0.496 e. The predicted octanol–water partition coefficient (Wildman–Crippen LogP) is 8.23. The Balaban J connectivity index is 1.72. The van der Waals surface area contributed by atoms with Crippen molar-refractivity contribution in [1.82, 2.24) is 0 Å². The number of hydrogen-bond acceptors (Lipinski definition) is 6. The Morgan fingerprint density at radius 3 is 1.12 bits per heavy atom. The highest BCUT2D eigenvalue weighted by atomic mass is 31.2. The molecule has 4 aromatic rings. The molecular formula is C34H36O6P2. The van der Waals surface area contributed by atoms with Gasteiger partial charge in [-0.25, -0.2) is 0 Å². The number of ether oxygens (including phenoxy) is 2. The highest BCUT2D eigenvalue weighted by molar-refractivity contribution is 7.57. The molecule has 4 aromatic carbocycles. The lowest BCUT2D eigenvalue weighted by atomic mass is 9.94. The SMILES string of the molecule is COc1ccc(-c2ccccc2)c(P2O[C@@H](C)[C@H](C)O2)c1-c1c(OC)ccc(-c2ccccc2)c1P1O[C@@H](C)[C@H](C)O1. The molecule has 218 valence electrons. The molecule has 0 bridgehead atoms. The Bertz CT molecular complexity index is 1410. The van der Waals surface area contributed by atoms with Crippen LogP contribution < -0.4 is 20.1 Å². The molecule has 6 nitrogen and oxygen atoms in total. The van der Waals surface area contributed by atoms with Gasteiger partial charge in [0.2, 0.25) is 16.8 Å². The predicted molar refractivity (Wildman–Crippen MR) is 171 cm³/mol. The fourth-order valence-corrected chi connectivity index (χ4v) is 9.28. The number of rotatable bonds is 7. The Morgan fingerprint density at radius 1 is 0.476 bits per heavy atom. The third-order valence-electron chi connectivity index (χ3n) is 7.87. The molecular weight excluding hydrogens is 566 g/mol. The summed E-state index contributed by atoms with van der Waals surface area (Å²) in [5, 5.41) is 1.90. The van der Waals surface area contributed by atoms with Crippen LogP contribution in [0.15, 0.2) is 84.9 Å². The van der Waals surface area contributed by atoms with Gasteiger partial charge >= 0.3 is 0 Å². The van der Waals surface area contributed by atoms with E-state index in [1.807, 2.05) is 48.5 Å². The van der Waals surface area contributed by atoms with Crippen molar-refractivity contribution in [3.63, 3.8) is 0 Å². The Hall–Kier alpha value is -2.82. The molecule has 0 saturated carbocycles. The lowest BCUT2D eigenvalue weighted by molar-refractivity contribution is 0.187. The number of methoxy groups -OCH3 is 2. The summed E-state index contributed by atoms with van der Waals surface area (Å²) in [5.74, 6) is 1.40. The minimum absolute atomic E-state index is 0.0524. The van der Waals surface area contributed by atoms with Crippen molar-refractivity contribution in [3.05, 3.63) is 84.9 Å². The molecule has 2 aliphatic rings. The lowest BCUT2D eigenvalue weighted by Crippen LogP contribution is -2.19. The van der Waals surface area contributed by atoms with Crippen LogP contribution >= 0.6 is 16.8 Å². The molecule has 2 fully saturated rings. The van der Waals surface area contributed by atoms with Gasteiger partial charge in [0, 0.05) is 21.7 Å². The van der Waals surface area contributed by atoms with Crippen LogP contribution in [0.1, 0.15) is 27.7 Å². The maximum Gasteiger partial charge on any atom is 0.207 e. The summed E-state index contributed by atoms with van der Waals surface area (Å²) >= 11 is 0. The summed E-state index contributed by atoms with van der Waals surface area (Å²) in [6.07, 6.45) is -0.210. The van der Waals surface area contributed by atoms with E-state index in [9.17, 15) is 0 Å². The zero-order valence-corrected chi connectivity index (χ0v) is 26.5. The van der Waals surface area contributed by atoms with Gasteiger partial charge in [-0.15, -0.1) is 0 Å². The summed E-state index contributed by atoms with van der Waals surface area (Å²) in [5.41, 5.74) is 5.94. The third kappa shape index (κ3) is 5.37. The summed E-state index contributed by atoms with van der Waals surface area (Å²) in [6.45, 7) is 8.24. The molecule has 2 saturated heterocycles. The van der Waals surface area contributed by atoms with Crippen molar-refractivity contribution in [1.29, 1.82) is 0 Å². The molecule has 0 aromatic heterocycles. The second-order valence-corrected chi connectivity index (χ2v) is 13.3. The van der Waals surface area contributed by atoms with E-state index in [1.54, 1.807) is 14.2 Å². The van der Waals surface area contributed by atoms with Gasteiger partial charge in [-0.3, -0.25) is 0 Å². The average Bonchev–Trinajstić information content (AvgIpc) is 3.54. The van der Waals surface area contributed by atoms with E-state index < -0.39 is 16.8 Å². The molecule has 8 heteroatoms. The Morgan fingerprint density at radius 2 is 0.810 bits per heavy atom. The first-order valence-corrected chi connectivity index (χ1v) is 16.6. The maximum absolute atomic E-state index is 6.56. The van der Waals surface area contributed by atoms with Crippen LogP contribution in [0.5, 0.6) is 11.5 Å². The van der Waals surface area contributed by atoms with Gasteiger partial charge in [0.25, 0.3) is 0 Å². The monoisotopic (exact) mass is 602 g/mol. The molecule has 2 heterocycles. The first-order chi connectivity index (χ1) is 20.4. The van der Waals surface area contributed by atoms with Crippen LogP contribution in [-0.2, 0) is 18.1 Å². The quantitative estimate of drug-likeness (QED) is 0.199. The molecule has 0 spiro atoms. The first-order valence-electron chi connectivity index (χ1n) is 14.2. The standard InChI is InChI=1S/C34H36O6P2/c1-21-22(2)38-41(37-21)33-27(25-13-9-7-10-14-25)17-19-29(35-5)31(33)32-30(36-6)20-18-28(26-15-11-8-12-16-26)34(32)42-39-23(3)24(4)40-42/h7-24H,1-6H3/t21-,22-,23-,24-/m0/s1. The van der Waals surface area contributed by atoms with E-state index in [1.165, 1.54) is 0 Å². The molecule has 0 aliphatic carbocycles. The molecule has 0 N–H and O–H groups in total. The highest BCUT2D eigenvalue weighted by Gasteiger charge is 2.41. The summed E-state index contributed by atoms with van der Waals surface area (Å²) in [6, 6.07) is 28.9. The van der Waals surface area contributed by atoms with E-state index in [0.717, 1.165) is 44.0 Å². The molecule has 0 unspecified atom stereocenters. The van der Waals surface area contributed by atoms with Crippen molar-refractivity contribution in [2.24, 2.45) is 0 Å². The van der Waals surface area contributed by atoms with Gasteiger partial charge in [0.05, 0.1) is 38.6 Å². The topological polar surface area (TPSA) is 55.4 Å². The van der Waals surface area contributed by atoms with E-state index in [0.29, 0.717) is 11.5 Å². The fourth-order valence-electron chi connectivity index (χ4n) is 5.26. The van der Waals surface area contributed by atoms with Gasteiger partial charge in [0.15, 0.2) is 0 Å². The van der Waals surface area contributed by atoms with Gasteiger partial charge in [-0.05, 0) is 74.2 Å². The Kier molecular flexibility index (Phi) is 8.65. The molecule has 6 rings (SSSR count). The second kappa shape index (κ2) is 12.4. The minimum atomic E-state index is -1.46. The van der Waals surface area contributed by atoms with E-state index in [-0.39, 0.29) is 24.4 Å². The Labute approximate surface area is 250 Å². The fraction of sp³-hybridized carbons (Fsp3) is 0.294. The zero-order chi connectivity index (χ0) is 29.4.